The molecule has 2 N–H and O–H groups in total. The maximum Gasteiger partial charge on any atom is 0.233 e. The first-order valence-corrected chi connectivity index (χ1v) is 6.30. The van der Waals surface area contributed by atoms with Crippen LogP contribution in [0.15, 0.2) is 42.7 Å². The number of aryl methyl sites for hydroxylation is 1. The SMILES string of the molecule is Cc1cnccc1NC(=O)C1CNc2ccccc21. The minimum absolute atomic E-state index is 0.0201. The molecule has 4 heteroatoms. The summed E-state index contributed by atoms with van der Waals surface area (Å²) in [5.41, 5.74) is 3.90. The Balaban J connectivity index is 1.81. The van der Waals surface area contributed by atoms with Gasteiger partial charge in [0.1, 0.15) is 0 Å². The Morgan fingerprint density at radius 2 is 2.21 bits per heavy atom. The maximum absolute atomic E-state index is 12.4. The molecule has 1 atom stereocenters. The van der Waals surface area contributed by atoms with E-state index in [4.69, 9.17) is 0 Å². The Labute approximate surface area is 111 Å². The molecule has 1 aromatic carbocycles. The molecule has 0 bridgehead atoms. The molecule has 1 aromatic heterocycles. The van der Waals surface area contributed by atoms with Crippen molar-refractivity contribution >= 4 is 17.3 Å². The fraction of sp³-hybridized carbons (Fsp3) is 0.200. The summed E-state index contributed by atoms with van der Waals surface area (Å²) in [6, 6.07) is 9.75. The lowest BCUT2D eigenvalue weighted by molar-refractivity contribution is -0.117. The van der Waals surface area contributed by atoms with Gasteiger partial charge in [-0.3, -0.25) is 9.78 Å². The molecular formula is C15H15N3O. The first-order valence-electron chi connectivity index (χ1n) is 6.30. The van der Waals surface area contributed by atoms with Crippen LogP contribution in [0.5, 0.6) is 0 Å². The van der Waals surface area contributed by atoms with Gasteiger partial charge in [0.25, 0.3) is 0 Å². The zero-order chi connectivity index (χ0) is 13.2. The van der Waals surface area contributed by atoms with Gasteiger partial charge in [0, 0.05) is 30.3 Å². The second-order valence-electron chi connectivity index (χ2n) is 4.70. The van der Waals surface area contributed by atoms with Gasteiger partial charge >= 0.3 is 0 Å². The van der Waals surface area contributed by atoms with E-state index in [-0.39, 0.29) is 11.8 Å². The van der Waals surface area contributed by atoms with Crippen LogP contribution in [0.3, 0.4) is 0 Å². The fourth-order valence-corrected chi connectivity index (χ4v) is 2.35. The van der Waals surface area contributed by atoms with Crippen molar-refractivity contribution in [2.45, 2.75) is 12.8 Å². The molecule has 96 valence electrons. The molecular weight excluding hydrogens is 238 g/mol. The molecule has 3 rings (SSSR count). The van der Waals surface area contributed by atoms with Gasteiger partial charge in [-0.15, -0.1) is 0 Å². The second kappa shape index (κ2) is 4.72. The lowest BCUT2D eigenvalue weighted by Crippen LogP contribution is -2.22. The molecule has 0 aliphatic carbocycles. The van der Waals surface area contributed by atoms with Gasteiger partial charge in [-0.1, -0.05) is 18.2 Å². The van der Waals surface area contributed by atoms with E-state index < -0.39 is 0 Å². The number of carbonyl (C=O) groups is 1. The van der Waals surface area contributed by atoms with E-state index >= 15 is 0 Å². The smallest absolute Gasteiger partial charge is 0.233 e. The van der Waals surface area contributed by atoms with Crippen LogP contribution < -0.4 is 10.6 Å². The number of nitrogens with one attached hydrogen (secondary N) is 2. The van der Waals surface area contributed by atoms with E-state index in [1.807, 2.05) is 37.3 Å². The van der Waals surface area contributed by atoms with E-state index in [1.54, 1.807) is 12.4 Å². The number of para-hydroxylation sites is 1. The Kier molecular flexibility index (Phi) is 2.91. The summed E-state index contributed by atoms with van der Waals surface area (Å²) in [4.78, 5) is 16.4. The van der Waals surface area contributed by atoms with Crippen molar-refractivity contribution in [2.75, 3.05) is 17.2 Å². The van der Waals surface area contributed by atoms with E-state index in [1.165, 1.54) is 0 Å². The lowest BCUT2D eigenvalue weighted by Gasteiger charge is -2.12. The topological polar surface area (TPSA) is 54.0 Å². The average Bonchev–Trinajstić information content (AvgIpc) is 2.85. The van der Waals surface area contributed by atoms with Gasteiger partial charge in [-0.25, -0.2) is 0 Å². The Hall–Kier alpha value is -2.36. The molecule has 4 nitrogen and oxygen atoms in total. The number of aromatic nitrogens is 1. The summed E-state index contributed by atoms with van der Waals surface area (Å²) in [5, 5.41) is 6.23. The number of pyridine rings is 1. The van der Waals surface area contributed by atoms with Crippen molar-refractivity contribution < 1.29 is 4.79 Å². The number of nitrogens with zero attached hydrogens (tertiary/aromatic N) is 1. The normalized spacial score (nSPS) is 16.6. The molecule has 2 aromatic rings. The highest BCUT2D eigenvalue weighted by Crippen LogP contribution is 2.31. The van der Waals surface area contributed by atoms with Crippen LogP contribution in [0.4, 0.5) is 11.4 Å². The predicted octanol–water partition coefficient (Wildman–Crippen LogP) is 2.54. The van der Waals surface area contributed by atoms with Crippen molar-refractivity contribution in [2.24, 2.45) is 0 Å². The summed E-state index contributed by atoms with van der Waals surface area (Å²) in [5.74, 6) is -0.115. The molecule has 1 aliphatic rings. The number of rotatable bonds is 2. The van der Waals surface area contributed by atoms with E-state index in [9.17, 15) is 4.79 Å². The van der Waals surface area contributed by atoms with Crippen molar-refractivity contribution in [1.29, 1.82) is 0 Å². The van der Waals surface area contributed by atoms with Gasteiger partial charge in [-0.05, 0) is 30.2 Å². The Bertz CT molecular complexity index is 624. The van der Waals surface area contributed by atoms with Crippen molar-refractivity contribution in [3.8, 4) is 0 Å². The quantitative estimate of drug-likeness (QED) is 0.864. The summed E-state index contributed by atoms with van der Waals surface area (Å²) in [6.45, 7) is 2.58. The number of hydrogen-bond acceptors (Lipinski definition) is 3. The molecule has 2 heterocycles. The highest BCUT2D eigenvalue weighted by Gasteiger charge is 2.28. The third-order valence-corrected chi connectivity index (χ3v) is 3.43. The van der Waals surface area contributed by atoms with Crippen LogP contribution >= 0.6 is 0 Å². The van der Waals surface area contributed by atoms with E-state index in [0.717, 1.165) is 22.5 Å². The summed E-state index contributed by atoms with van der Waals surface area (Å²) < 4.78 is 0. The molecule has 1 unspecified atom stereocenters. The molecule has 0 fully saturated rings. The average molecular weight is 253 g/mol. The third-order valence-electron chi connectivity index (χ3n) is 3.43. The third kappa shape index (κ3) is 2.17. The maximum atomic E-state index is 12.4. The fourth-order valence-electron chi connectivity index (χ4n) is 2.35. The van der Waals surface area contributed by atoms with Crippen LogP contribution in [0.1, 0.15) is 17.0 Å². The first-order chi connectivity index (χ1) is 9.25. The van der Waals surface area contributed by atoms with Crippen LogP contribution in [-0.2, 0) is 4.79 Å². The second-order valence-corrected chi connectivity index (χ2v) is 4.70. The molecule has 0 spiro atoms. The zero-order valence-electron chi connectivity index (χ0n) is 10.7. The molecule has 0 saturated carbocycles. The number of benzene rings is 1. The van der Waals surface area contributed by atoms with Crippen molar-refractivity contribution in [3.05, 3.63) is 53.9 Å². The number of amides is 1. The monoisotopic (exact) mass is 253 g/mol. The van der Waals surface area contributed by atoms with Gasteiger partial charge in [0.2, 0.25) is 5.91 Å². The largest absolute Gasteiger partial charge is 0.384 e. The molecule has 0 saturated heterocycles. The highest BCUT2D eigenvalue weighted by atomic mass is 16.1. The number of anilines is 2. The summed E-state index contributed by atoms with van der Waals surface area (Å²) >= 11 is 0. The summed E-state index contributed by atoms with van der Waals surface area (Å²) in [6.07, 6.45) is 3.43. The lowest BCUT2D eigenvalue weighted by atomic mass is 10.0. The van der Waals surface area contributed by atoms with Crippen molar-refractivity contribution in [1.82, 2.24) is 4.98 Å². The zero-order valence-corrected chi connectivity index (χ0v) is 10.7. The minimum atomic E-state index is -0.135. The standard InChI is InChI=1S/C15H15N3O/c1-10-8-16-7-6-13(10)18-15(19)12-9-17-14-5-3-2-4-11(12)14/h2-8,12,17H,9H2,1H3,(H,16,18,19). The number of carbonyl (C=O) groups excluding carboxylic acids is 1. The van der Waals surface area contributed by atoms with Crippen LogP contribution in [0, 0.1) is 6.92 Å². The van der Waals surface area contributed by atoms with Gasteiger partial charge in [-0.2, -0.15) is 0 Å². The molecule has 1 aliphatic heterocycles. The predicted molar refractivity (Wildman–Crippen MR) is 75.3 cm³/mol. The number of fused-ring (bicyclic) bond motifs is 1. The molecule has 1 amide bonds. The van der Waals surface area contributed by atoms with Gasteiger partial charge < -0.3 is 10.6 Å². The first kappa shape index (κ1) is 11.7. The van der Waals surface area contributed by atoms with Gasteiger partial charge in [0.05, 0.1) is 5.92 Å². The van der Waals surface area contributed by atoms with Crippen LogP contribution in [-0.4, -0.2) is 17.4 Å². The van der Waals surface area contributed by atoms with E-state index in [0.29, 0.717) is 6.54 Å². The molecule has 19 heavy (non-hydrogen) atoms. The molecule has 0 radical (unpaired) electrons. The van der Waals surface area contributed by atoms with Gasteiger partial charge in [0.15, 0.2) is 0 Å². The Morgan fingerprint density at radius 3 is 3.05 bits per heavy atom. The summed E-state index contributed by atoms with van der Waals surface area (Å²) in [7, 11) is 0. The Morgan fingerprint density at radius 1 is 1.37 bits per heavy atom. The number of hydrogen-bond donors (Lipinski definition) is 2. The minimum Gasteiger partial charge on any atom is -0.384 e. The van der Waals surface area contributed by atoms with Crippen LogP contribution in [0.25, 0.3) is 0 Å². The van der Waals surface area contributed by atoms with E-state index in [2.05, 4.69) is 15.6 Å². The highest BCUT2D eigenvalue weighted by molar-refractivity contribution is 5.98. The van der Waals surface area contributed by atoms with Crippen molar-refractivity contribution in [3.63, 3.8) is 0 Å². The van der Waals surface area contributed by atoms with Crippen LogP contribution in [0.2, 0.25) is 0 Å².